The molecule has 1 saturated carbocycles. The molecule has 1 atom stereocenters. The van der Waals surface area contributed by atoms with E-state index < -0.39 is 6.10 Å². The second kappa shape index (κ2) is 13.3. The lowest BCUT2D eigenvalue weighted by Gasteiger charge is -2.24. The van der Waals surface area contributed by atoms with Gasteiger partial charge in [0, 0.05) is 32.2 Å². The van der Waals surface area contributed by atoms with E-state index in [1.807, 2.05) is 30.3 Å². The number of hydrogen-bond acceptors (Lipinski definition) is 3. The number of nitrogens with one attached hydrogen (secondary N) is 2. The molecule has 0 radical (unpaired) electrons. The van der Waals surface area contributed by atoms with Crippen molar-refractivity contribution in [3.63, 3.8) is 0 Å². The molecule has 0 aromatic heterocycles. The van der Waals surface area contributed by atoms with E-state index in [1.165, 1.54) is 25.7 Å². The molecule has 1 aromatic carbocycles. The molecule has 0 spiro atoms. The van der Waals surface area contributed by atoms with E-state index in [4.69, 9.17) is 0 Å². The molecule has 1 aromatic rings. The highest BCUT2D eigenvalue weighted by Crippen LogP contribution is 2.21. The summed E-state index contributed by atoms with van der Waals surface area (Å²) in [5.41, 5.74) is 0.953. The van der Waals surface area contributed by atoms with E-state index >= 15 is 0 Å². The first-order valence-electron chi connectivity index (χ1n) is 9.66. The molecule has 0 bridgehead atoms. The lowest BCUT2D eigenvalue weighted by molar-refractivity contribution is 0.170. The number of aliphatic imine (C=N–C) groups is 1. The Morgan fingerprint density at radius 2 is 1.92 bits per heavy atom. The van der Waals surface area contributed by atoms with Crippen molar-refractivity contribution in [2.45, 2.75) is 51.2 Å². The number of halogens is 1. The maximum atomic E-state index is 10.2. The molecular weight excluding hydrogens is 439 g/mol. The summed E-state index contributed by atoms with van der Waals surface area (Å²) in [6, 6.07) is 10.5. The Labute approximate surface area is 175 Å². The summed E-state index contributed by atoms with van der Waals surface area (Å²) < 4.78 is 0. The minimum atomic E-state index is -0.457. The summed E-state index contributed by atoms with van der Waals surface area (Å²) in [6.45, 7) is 5.43. The molecule has 0 heterocycles. The van der Waals surface area contributed by atoms with E-state index in [9.17, 15) is 5.11 Å². The summed E-state index contributed by atoms with van der Waals surface area (Å²) in [5, 5.41) is 16.9. The van der Waals surface area contributed by atoms with Crippen molar-refractivity contribution in [1.82, 2.24) is 15.5 Å². The fourth-order valence-electron chi connectivity index (χ4n) is 3.36. The molecule has 26 heavy (non-hydrogen) atoms. The summed E-state index contributed by atoms with van der Waals surface area (Å²) in [4.78, 5) is 7.05. The Morgan fingerprint density at radius 3 is 2.58 bits per heavy atom. The third kappa shape index (κ3) is 8.22. The fourth-order valence-corrected chi connectivity index (χ4v) is 3.36. The summed E-state index contributed by atoms with van der Waals surface area (Å²) in [5.74, 6) is 0.836. The van der Waals surface area contributed by atoms with Crippen LogP contribution in [0.1, 0.15) is 50.7 Å². The van der Waals surface area contributed by atoms with Gasteiger partial charge in [-0.2, -0.15) is 0 Å². The van der Waals surface area contributed by atoms with E-state index in [1.54, 1.807) is 0 Å². The lowest BCUT2D eigenvalue weighted by atomic mass is 10.1. The van der Waals surface area contributed by atoms with Crippen LogP contribution in [-0.2, 0) is 0 Å². The fraction of sp³-hybridized carbons (Fsp3) is 0.650. The minimum absolute atomic E-state index is 0. The van der Waals surface area contributed by atoms with Crippen LogP contribution in [0, 0.1) is 0 Å². The number of hydrogen-bond donors (Lipinski definition) is 3. The van der Waals surface area contributed by atoms with Crippen LogP contribution in [0.4, 0.5) is 0 Å². The zero-order chi connectivity index (χ0) is 17.9. The summed E-state index contributed by atoms with van der Waals surface area (Å²) in [6.07, 6.45) is 5.58. The van der Waals surface area contributed by atoms with Gasteiger partial charge >= 0.3 is 0 Å². The zero-order valence-electron chi connectivity index (χ0n) is 16.2. The predicted octanol–water partition coefficient (Wildman–Crippen LogP) is 3.16. The highest BCUT2D eigenvalue weighted by molar-refractivity contribution is 14.0. The topological polar surface area (TPSA) is 59.9 Å². The second-order valence-electron chi connectivity index (χ2n) is 6.82. The maximum absolute atomic E-state index is 10.2. The number of aliphatic hydroxyl groups is 1. The van der Waals surface area contributed by atoms with Crippen LogP contribution in [0.2, 0.25) is 0 Å². The molecule has 0 saturated heterocycles. The van der Waals surface area contributed by atoms with Crippen LogP contribution in [0.5, 0.6) is 0 Å². The SMILES string of the molecule is CCNC(=NCCC(O)c1ccccc1)NCCN(C)C1CCCC1.I. The third-order valence-corrected chi connectivity index (χ3v) is 4.91. The van der Waals surface area contributed by atoms with Crippen molar-refractivity contribution in [3.8, 4) is 0 Å². The van der Waals surface area contributed by atoms with Gasteiger partial charge in [-0.05, 0) is 38.8 Å². The van der Waals surface area contributed by atoms with E-state index in [0.29, 0.717) is 13.0 Å². The van der Waals surface area contributed by atoms with Gasteiger partial charge in [-0.15, -0.1) is 24.0 Å². The molecule has 0 amide bonds. The normalized spacial score (nSPS) is 16.4. The average Bonchev–Trinajstić information content (AvgIpc) is 3.17. The van der Waals surface area contributed by atoms with Crippen LogP contribution >= 0.6 is 24.0 Å². The Kier molecular flexibility index (Phi) is 11.9. The van der Waals surface area contributed by atoms with E-state index in [-0.39, 0.29) is 24.0 Å². The third-order valence-electron chi connectivity index (χ3n) is 4.91. The van der Waals surface area contributed by atoms with Crippen LogP contribution in [0.15, 0.2) is 35.3 Å². The van der Waals surface area contributed by atoms with Crippen LogP contribution in [0.3, 0.4) is 0 Å². The van der Waals surface area contributed by atoms with Crippen LogP contribution < -0.4 is 10.6 Å². The van der Waals surface area contributed by atoms with Gasteiger partial charge in [-0.1, -0.05) is 43.2 Å². The Balaban J connectivity index is 0.00000338. The number of rotatable bonds is 9. The Bertz CT molecular complexity index is 506. The first kappa shape index (κ1) is 23.2. The monoisotopic (exact) mass is 474 g/mol. The van der Waals surface area contributed by atoms with Gasteiger partial charge < -0.3 is 20.6 Å². The van der Waals surface area contributed by atoms with Crippen molar-refractivity contribution >= 4 is 29.9 Å². The smallest absolute Gasteiger partial charge is 0.191 e. The molecule has 2 rings (SSSR count). The molecule has 1 fully saturated rings. The second-order valence-corrected chi connectivity index (χ2v) is 6.82. The molecular formula is C20H35IN4O. The summed E-state index contributed by atoms with van der Waals surface area (Å²) >= 11 is 0. The quantitative estimate of drug-likeness (QED) is 0.293. The minimum Gasteiger partial charge on any atom is -0.388 e. The Hall–Kier alpha value is -0.860. The molecule has 3 N–H and O–H groups in total. The van der Waals surface area contributed by atoms with Crippen molar-refractivity contribution in [1.29, 1.82) is 0 Å². The van der Waals surface area contributed by atoms with Gasteiger partial charge in [0.2, 0.25) is 0 Å². The molecule has 1 aliphatic rings. The van der Waals surface area contributed by atoms with Gasteiger partial charge in [0.15, 0.2) is 5.96 Å². The lowest BCUT2D eigenvalue weighted by Crippen LogP contribution is -2.42. The Morgan fingerprint density at radius 1 is 1.23 bits per heavy atom. The summed E-state index contributed by atoms with van der Waals surface area (Å²) in [7, 11) is 2.22. The predicted molar refractivity (Wildman–Crippen MR) is 120 cm³/mol. The number of nitrogens with zero attached hydrogens (tertiary/aromatic N) is 2. The molecule has 148 valence electrons. The first-order valence-corrected chi connectivity index (χ1v) is 9.66. The van der Waals surface area contributed by atoms with Gasteiger partial charge in [-0.25, -0.2) is 0 Å². The van der Waals surface area contributed by atoms with Gasteiger partial charge in [0.05, 0.1) is 6.10 Å². The highest BCUT2D eigenvalue weighted by atomic mass is 127. The average molecular weight is 474 g/mol. The van der Waals surface area contributed by atoms with E-state index in [0.717, 1.165) is 37.2 Å². The molecule has 0 aliphatic heterocycles. The van der Waals surface area contributed by atoms with Crippen molar-refractivity contribution in [2.24, 2.45) is 4.99 Å². The van der Waals surface area contributed by atoms with Gasteiger partial charge in [-0.3, -0.25) is 4.99 Å². The number of benzene rings is 1. The molecule has 5 nitrogen and oxygen atoms in total. The molecule has 1 unspecified atom stereocenters. The van der Waals surface area contributed by atoms with Crippen molar-refractivity contribution in [3.05, 3.63) is 35.9 Å². The molecule has 1 aliphatic carbocycles. The van der Waals surface area contributed by atoms with E-state index in [2.05, 4.69) is 34.5 Å². The first-order chi connectivity index (χ1) is 12.2. The number of aliphatic hydroxyl groups excluding tert-OH is 1. The van der Waals surface area contributed by atoms with Crippen molar-refractivity contribution in [2.75, 3.05) is 33.2 Å². The number of guanidine groups is 1. The highest BCUT2D eigenvalue weighted by Gasteiger charge is 2.18. The van der Waals surface area contributed by atoms with Gasteiger partial charge in [0.1, 0.15) is 0 Å². The maximum Gasteiger partial charge on any atom is 0.191 e. The van der Waals surface area contributed by atoms with Crippen LogP contribution in [-0.4, -0.2) is 55.2 Å². The van der Waals surface area contributed by atoms with Gasteiger partial charge in [0.25, 0.3) is 0 Å². The number of likely N-dealkylation sites (N-methyl/N-ethyl adjacent to an activating group) is 1. The van der Waals surface area contributed by atoms with Crippen molar-refractivity contribution < 1.29 is 5.11 Å². The van der Waals surface area contributed by atoms with Crippen LogP contribution in [0.25, 0.3) is 0 Å². The largest absolute Gasteiger partial charge is 0.388 e. The molecule has 6 heteroatoms. The standard InChI is InChI=1S/C20H34N4O.HI/c1-3-21-20(23-15-16-24(2)18-11-7-8-12-18)22-14-13-19(25)17-9-5-4-6-10-17;/h4-6,9-10,18-19,25H,3,7-8,11-16H2,1-2H3,(H2,21,22,23);1H. The zero-order valence-corrected chi connectivity index (χ0v) is 18.5.